The number of likely N-dealkylation sites (tertiary alicyclic amines) is 1. The van der Waals surface area contributed by atoms with Crippen molar-refractivity contribution in [2.75, 3.05) is 26.2 Å². The standard InChI is InChI=1S/C16H32N2/c1-15(14-18-12-5-2-6-13-18)17-11-7-10-16-8-3-4-9-16/h15-17H,2-14H2,1H3. The molecule has 18 heavy (non-hydrogen) atoms. The van der Waals surface area contributed by atoms with Crippen LogP contribution in [0.25, 0.3) is 0 Å². The van der Waals surface area contributed by atoms with Gasteiger partial charge in [0.1, 0.15) is 0 Å². The fraction of sp³-hybridized carbons (Fsp3) is 1.00. The Bertz CT molecular complexity index is 205. The Balaban J connectivity index is 1.47. The molecule has 2 rings (SSSR count). The fourth-order valence-corrected chi connectivity index (χ4v) is 3.63. The van der Waals surface area contributed by atoms with Crippen molar-refractivity contribution < 1.29 is 0 Å². The molecule has 1 aliphatic carbocycles. The average Bonchev–Trinajstić information content (AvgIpc) is 2.89. The Kier molecular flexibility index (Phi) is 6.50. The molecule has 2 heteroatoms. The van der Waals surface area contributed by atoms with Crippen molar-refractivity contribution in [3.8, 4) is 0 Å². The molecule has 2 nitrogen and oxygen atoms in total. The van der Waals surface area contributed by atoms with E-state index in [1.807, 2.05) is 0 Å². The molecule has 0 aromatic rings. The van der Waals surface area contributed by atoms with Crippen LogP contribution >= 0.6 is 0 Å². The third kappa shape index (κ3) is 5.27. The van der Waals surface area contributed by atoms with Crippen LogP contribution in [0.2, 0.25) is 0 Å². The molecule has 1 unspecified atom stereocenters. The van der Waals surface area contributed by atoms with Gasteiger partial charge in [0.15, 0.2) is 0 Å². The van der Waals surface area contributed by atoms with Crippen LogP contribution in [0.5, 0.6) is 0 Å². The highest BCUT2D eigenvalue weighted by Crippen LogP contribution is 2.28. The van der Waals surface area contributed by atoms with Crippen LogP contribution in [-0.2, 0) is 0 Å². The Labute approximate surface area is 114 Å². The summed E-state index contributed by atoms with van der Waals surface area (Å²) < 4.78 is 0. The highest BCUT2D eigenvalue weighted by atomic mass is 15.1. The van der Waals surface area contributed by atoms with E-state index >= 15 is 0 Å². The van der Waals surface area contributed by atoms with Crippen LogP contribution in [0.1, 0.15) is 64.7 Å². The summed E-state index contributed by atoms with van der Waals surface area (Å²) in [4.78, 5) is 2.64. The number of nitrogens with one attached hydrogen (secondary N) is 1. The van der Waals surface area contributed by atoms with Gasteiger partial charge in [0.05, 0.1) is 0 Å². The molecule has 1 N–H and O–H groups in total. The molecule has 0 spiro atoms. The second-order valence-electron chi connectivity index (χ2n) is 6.51. The summed E-state index contributed by atoms with van der Waals surface area (Å²) in [5, 5.41) is 3.71. The summed E-state index contributed by atoms with van der Waals surface area (Å²) in [6.45, 7) is 7.49. The van der Waals surface area contributed by atoms with Crippen molar-refractivity contribution >= 4 is 0 Å². The van der Waals surface area contributed by atoms with E-state index < -0.39 is 0 Å². The van der Waals surface area contributed by atoms with Gasteiger partial charge in [-0.3, -0.25) is 0 Å². The normalized spacial score (nSPS) is 24.5. The summed E-state index contributed by atoms with van der Waals surface area (Å²) in [5.74, 6) is 1.06. The molecule has 0 aromatic heterocycles. The van der Waals surface area contributed by atoms with E-state index in [0.717, 1.165) is 5.92 Å². The largest absolute Gasteiger partial charge is 0.313 e. The van der Waals surface area contributed by atoms with E-state index in [4.69, 9.17) is 0 Å². The fourth-order valence-electron chi connectivity index (χ4n) is 3.63. The lowest BCUT2D eigenvalue weighted by molar-refractivity contribution is 0.209. The molecule has 106 valence electrons. The number of hydrogen-bond donors (Lipinski definition) is 1. The van der Waals surface area contributed by atoms with Gasteiger partial charge in [-0.15, -0.1) is 0 Å². The van der Waals surface area contributed by atoms with Crippen molar-refractivity contribution in [3.63, 3.8) is 0 Å². The maximum atomic E-state index is 3.71. The first-order valence-electron chi connectivity index (χ1n) is 8.30. The Morgan fingerprint density at radius 1 is 1.06 bits per heavy atom. The first kappa shape index (κ1) is 14.3. The maximum Gasteiger partial charge on any atom is 0.0166 e. The lowest BCUT2D eigenvalue weighted by atomic mass is 10.0. The highest BCUT2D eigenvalue weighted by Gasteiger charge is 2.15. The third-order valence-corrected chi connectivity index (χ3v) is 4.74. The molecule has 1 atom stereocenters. The third-order valence-electron chi connectivity index (χ3n) is 4.74. The van der Waals surface area contributed by atoms with Gasteiger partial charge in [0.25, 0.3) is 0 Å². The van der Waals surface area contributed by atoms with Gasteiger partial charge in [-0.2, -0.15) is 0 Å². The summed E-state index contributed by atoms with van der Waals surface area (Å²) in [6.07, 6.45) is 13.1. The van der Waals surface area contributed by atoms with E-state index in [2.05, 4.69) is 17.1 Å². The van der Waals surface area contributed by atoms with Crippen molar-refractivity contribution in [2.45, 2.75) is 70.8 Å². The lowest BCUT2D eigenvalue weighted by Crippen LogP contribution is -2.41. The molecule has 2 aliphatic rings. The predicted octanol–water partition coefficient (Wildman–Crippen LogP) is 3.42. The van der Waals surface area contributed by atoms with Crippen LogP contribution in [0.3, 0.4) is 0 Å². The molecule has 1 heterocycles. The molecule has 1 saturated heterocycles. The summed E-state index contributed by atoms with van der Waals surface area (Å²) in [7, 11) is 0. The molecular weight excluding hydrogens is 220 g/mol. The van der Waals surface area contributed by atoms with Crippen molar-refractivity contribution in [1.29, 1.82) is 0 Å². The molecular formula is C16H32N2. The van der Waals surface area contributed by atoms with E-state index in [-0.39, 0.29) is 0 Å². The molecule has 2 fully saturated rings. The zero-order chi connectivity index (χ0) is 12.6. The monoisotopic (exact) mass is 252 g/mol. The van der Waals surface area contributed by atoms with Gasteiger partial charge in [-0.25, -0.2) is 0 Å². The first-order valence-corrected chi connectivity index (χ1v) is 8.30. The second-order valence-corrected chi connectivity index (χ2v) is 6.51. The minimum absolute atomic E-state index is 0.673. The minimum atomic E-state index is 0.673. The van der Waals surface area contributed by atoms with Gasteiger partial charge < -0.3 is 10.2 Å². The first-order chi connectivity index (χ1) is 8.84. The summed E-state index contributed by atoms with van der Waals surface area (Å²) in [6, 6.07) is 0.673. The number of hydrogen-bond acceptors (Lipinski definition) is 2. The van der Waals surface area contributed by atoms with E-state index in [9.17, 15) is 0 Å². The number of piperidine rings is 1. The topological polar surface area (TPSA) is 15.3 Å². The SMILES string of the molecule is CC(CN1CCCCC1)NCCCC1CCCC1. The second kappa shape index (κ2) is 8.16. The number of rotatable bonds is 7. The van der Waals surface area contributed by atoms with Crippen molar-refractivity contribution in [3.05, 3.63) is 0 Å². The van der Waals surface area contributed by atoms with Crippen LogP contribution < -0.4 is 5.32 Å². The van der Waals surface area contributed by atoms with Gasteiger partial charge in [-0.1, -0.05) is 32.1 Å². The summed E-state index contributed by atoms with van der Waals surface area (Å²) >= 11 is 0. The lowest BCUT2D eigenvalue weighted by Gasteiger charge is -2.29. The Hall–Kier alpha value is -0.0800. The zero-order valence-corrected chi connectivity index (χ0v) is 12.3. The number of nitrogens with zero attached hydrogens (tertiary/aromatic N) is 1. The van der Waals surface area contributed by atoms with Crippen LogP contribution in [0.4, 0.5) is 0 Å². The van der Waals surface area contributed by atoms with Gasteiger partial charge >= 0.3 is 0 Å². The van der Waals surface area contributed by atoms with Gasteiger partial charge in [0.2, 0.25) is 0 Å². The van der Waals surface area contributed by atoms with E-state index in [1.165, 1.54) is 84.0 Å². The smallest absolute Gasteiger partial charge is 0.0166 e. The van der Waals surface area contributed by atoms with Crippen LogP contribution in [-0.4, -0.2) is 37.1 Å². The average molecular weight is 252 g/mol. The van der Waals surface area contributed by atoms with Crippen LogP contribution in [0, 0.1) is 5.92 Å². The van der Waals surface area contributed by atoms with E-state index in [1.54, 1.807) is 0 Å². The van der Waals surface area contributed by atoms with Crippen molar-refractivity contribution in [1.82, 2.24) is 10.2 Å². The highest BCUT2D eigenvalue weighted by molar-refractivity contribution is 4.72. The van der Waals surface area contributed by atoms with Crippen molar-refractivity contribution in [2.24, 2.45) is 5.92 Å². The predicted molar refractivity (Wildman–Crippen MR) is 78.9 cm³/mol. The zero-order valence-electron chi connectivity index (χ0n) is 12.3. The van der Waals surface area contributed by atoms with Gasteiger partial charge in [0, 0.05) is 12.6 Å². The molecule has 1 aliphatic heterocycles. The minimum Gasteiger partial charge on any atom is -0.313 e. The van der Waals surface area contributed by atoms with Crippen LogP contribution in [0.15, 0.2) is 0 Å². The maximum absolute atomic E-state index is 3.71. The Morgan fingerprint density at radius 3 is 2.50 bits per heavy atom. The molecule has 0 bridgehead atoms. The molecule has 1 saturated carbocycles. The summed E-state index contributed by atoms with van der Waals surface area (Å²) in [5.41, 5.74) is 0. The Morgan fingerprint density at radius 2 is 1.78 bits per heavy atom. The van der Waals surface area contributed by atoms with E-state index in [0.29, 0.717) is 6.04 Å². The molecule has 0 radical (unpaired) electrons. The molecule has 0 aromatic carbocycles. The van der Waals surface area contributed by atoms with Gasteiger partial charge in [-0.05, 0) is 58.2 Å². The molecule has 0 amide bonds. The quantitative estimate of drug-likeness (QED) is 0.698.